The largest absolute Gasteiger partial charge is 0.497 e. The fourth-order valence-corrected chi connectivity index (χ4v) is 2.85. The third-order valence-corrected chi connectivity index (χ3v) is 4.75. The van der Waals surface area contributed by atoms with Crippen LogP contribution in [0.15, 0.2) is 22.8 Å². The van der Waals surface area contributed by atoms with Crippen molar-refractivity contribution < 1.29 is 4.74 Å². The average Bonchev–Trinajstić information content (AvgIpc) is 2.14. The Bertz CT molecular complexity index is 313. The maximum atomic E-state index is 5.41. The highest BCUT2D eigenvalue weighted by atomic mass is 32.2. The lowest BCUT2D eigenvalue weighted by Crippen LogP contribution is -2.25. The summed E-state index contributed by atoms with van der Waals surface area (Å²) < 4.78 is 5.41. The summed E-state index contributed by atoms with van der Waals surface area (Å²) in [4.78, 5) is 1.41. The van der Waals surface area contributed by atoms with Gasteiger partial charge in [-0.3, -0.25) is 0 Å². The molecular formula is C14H24OS. The molecule has 0 amide bonds. The summed E-state index contributed by atoms with van der Waals surface area (Å²) in [5.41, 5.74) is 0.464. The molecule has 0 spiro atoms. The van der Waals surface area contributed by atoms with Crippen LogP contribution in [0.3, 0.4) is 0 Å². The van der Waals surface area contributed by atoms with Gasteiger partial charge in [0, 0.05) is 5.25 Å². The summed E-state index contributed by atoms with van der Waals surface area (Å²) in [7, 11) is 1.75. The molecule has 2 heteroatoms. The summed E-state index contributed by atoms with van der Waals surface area (Å²) in [6.07, 6.45) is 4.41. The van der Waals surface area contributed by atoms with E-state index in [1.54, 1.807) is 7.11 Å². The van der Waals surface area contributed by atoms with Gasteiger partial charge >= 0.3 is 0 Å². The van der Waals surface area contributed by atoms with Crippen LogP contribution in [0.1, 0.15) is 41.5 Å². The second-order valence-corrected chi connectivity index (χ2v) is 7.62. The molecule has 0 saturated carbocycles. The number of rotatable bonds is 1. The van der Waals surface area contributed by atoms with Crippen molar-refractivity contribution >= 4 is 11.8 Å². The SMILES string of the molecule is COC1=CC(C(C)(C)C)SC(C(C)(C)C)=C1. The summed E-state index contributed by atoms with van der Waals surface area (Å²) >= 11 is 1.97. The molecule has 0 saturated heterocycles. The summed E-state index contributed by atoms with van der Waals surface area (Å²) in [6, 6.07) is 0. The number of hydrogen-bond donors (Lipinski definition) is 0. The van der Waals surface area contributed by atoms with Gasteiger partial charge in [0.25, 0.3) is 0 Å². The van der Waals surface area contributed by atoms with Crippen molar-refractivity contribution in [3.63, 3.8) is 0 Å². The summed E-state index contributed by atoms with van der Waals surface area (Å²) in [6.45, 7) is 13.6. The molecule has 1 heterocycles. The Balaban J connectivity index is 3.02. The van der Waals surface area contributed by atoms with E-state index in [1.165, 1.54) is 4.91 Å². The van der Waals surface area contributed by atoms with E-state index < -0.39 is 0 Å². The fourth-order valence-electron chi connectivity index (χ4n) is 1.48. The van der Waals surface area contributed by atoms with E-state index in [4.69, 9.17) is 4.74 Å². The highest BCUT2D eigenvalue weighted by Crippen LogP contribution is 2.46. The second-order valence-electron chi connectivity index (χ2n) is 6.44. The number of thioether (sulfide) groups is 1. The highest BCUT2D eigenvalue weighted by molar-refractivity contribution is 8.03. The monoisotopic (exact) mass is 240 g/mol. The van der Waals surface area contributed by atoms with Crippen LogP contribution in [-0.2, 0) is 4.74 Å². The molecule has 92 valence electrons. The van der Waals surface area contributed by atoms with Gasteiger partial charge in [-0.15, -0.1) is 11.8 Å². The fraction of sp³-hybridized carbons (Fsp3) is 0.714. The minimum atomic E-state index is 0.201. The van der Waals surface area contributed by atoms with Crippen molar-refractivity contribution in [1.82, 2.24) is 0 Å². The molecule has 0 fully saturated rings. The van der Waals surface area contributed by atoms with E-state index in [-0.39, 0.29) is 10.8 Å². The van der Waals surface area contributed by atoms with E-state index in [9.17, 15) is 0 Å². The zero-order valence-electron chi connectivity index (χ0n) is 11.5. The van der Waals surface area contributed by atoms with E-state index in [0.717, 1.165) is 5.76 Å². The van der Waals surface area contributed by atoms with Gasteiger partial charge in [-0.1, -0.05) is 41.5 Å². The number of methoxy groups -OCH3 is 1. The Hall–Kier alpha value is -0.370. The molecule has 0 aromatic carbocycles. The number of ether oxygens (including phenoxy) is 1. The molecule has 16 heavy (non-hydrogen) atoms. The van der Waals surface area contributed by atoms with Crippen LogP contribution >= 0.6 is 11.8 Å². The van der Waals surface area contributed by atoms with Crippen molar-refractivity contribution in [1.29, 1.82) is 0 Å². The first kappa shape index (κ1) is 13.7. The van der Waals surface area contributed by atoms with Crippen LogP contribution in [-0.4, -0.2) is 12.4 Å². The van der Waals surface area contributed by atoms with Gasteiger partial charge in [-0.2, -0.15) is 0 Å². The van der Waals surface area contributed by atoms with Crippen LogP contribution < -0.4 is 0 Å². The quantitative estimate of drug-likeness (QED) is 0.662. The predicted octanol–water partition coefficient (Wildman–Crippen LogP) is 4.61. The van der Waals surface area contributed by atoms with Gasteiger partial charge in [0.2, 0.25) is 0 Å². The normalized spacial score (nSPS) is 22.6. The standard InChI is InChI=1S/C14H24OS/c1-13(2,3)11-8-10(15-7)9-12(16-11)14(4,5)6/h8-9,11H,1-7H3. The summed E-state index contributed by atoms with van der Waals surface area (Å²) in [5.74, 6) is 1.00. The van der Waals surface area contributed by atoms with E-state index in [0.29, 0.717) is 5.25 Å². The Labute approximate surface area is 104 Å². The Morgan fingerprint density at radius 1 is 1.12 bits per heavy atom. The topological polar surface area (TPSA) is 9.23 Å². The van der Waals surface area contributed by atoms with Crippen molar-refractivity contribution in [3.05, 3.63) is 22.8 Å². The molecular weight excluding hydrogens is 216 g/mol. The lowest BCUT2D eigenvalue weighted by molar-refractivity contribution is 0.299. The van der Waals surface area contributed by atoms with Crippen molar-refractivity contribution in [3.8, 4) is 0 Å². The van der Waals surface area contributed by atoms with Crippen LogP contribution in [0.2, 0.25) is 0 Å². The van der Waals surface area contributed by atoms with Gasteiger partial charge in [0.15, 0.2) is 0 Å². The minimum Gasteiger partial charge on any atom is -0.497 e. The van der Waals surface area contributed by atoms with Crippen LogP contribution in [0, 0.1) is 10.8 Å². The molecule has 0 radical (unpaired) electrons. The zero-order chi connectivity index (χ0) is 12.6. The Kier molecular flexibility index (Phi) is 3.83. The highest BCUT2D eigenvalue weighted by Gasteiger charge is 2.31. The Morgan fingerprint density at radius 3 is 2.06 bits per heavy atom. The molecule has 1 aliphatic rings. The molecule has 1 nitrogen and oxygen atoms in total. The molecule has 0 N–H and O–H groups in total. The van der Waals surface area contributed by atoms with Gasteiger partial charge in [0.05, 0.1) is 7.11 Å². The zero-order valence-corrected chi connectivity index (χ0v) is 12.4. The molecule has 1 rings (SSSR count). The maximum absolute atomic E-state index is 5.41. The molecule has 0 aliphatic carbocycles. The first-order valence-electron chi connectivity index (χ1n) is 5.79. The lowest BCUT2D eigenvalue weighted by atomic mass is 9.90. The number of allylic oxidation sites excluding steroid dienone is 2. The predicted molar refractivity (Wildman–Crippen MR) is 73.5 cm³/mol. The first-order valence-corrected chi connectivity index (χ1v) is 6.67. The van der Waals surface area contributed by atoms with Gasteiger partial charge < -0.3 is 4.74 Å². The van der Waals surface area contributed by atoms with Crippen molar-refractivity contribution in [2.75, 3.05) is 7.11 Å². The van der Waals surface area contributed by atoms with E-state index >= 15 is 0 Å². The van der Waals surface area contributed by atoms with Crippen LogP contribution in [0.5, 0.6) is 0 Å². The molecule has 1 atom stereocenters. The molecule has 0 aromatic rings. The van der Waals surface area contributed by atoms with Crippen molar-refractivity contribution in [2.24, 2.45) is 10.8 Å². The smallest absolute Gasteiger partial charge is 0.116 e. The van der Waals surface area contributed by atoms with Gasteiger partial charge in [0.1, 0.15) is 5.76 Å². The minimum absolute atomic E-state index is 0.201. The third-order valence-electron chi connectivity index (χ3n) is 2.67. The average molecular weight is 240 g/mol. The van der Waals surface area contributed by atoms with E-state index in [2.05, 4.69) is 53.7 Å². The van der Waals surface area contributed by atoms with Gasteiger partial charge in [-0.25, -0.2) is 0 Å². The second kappa shape index (κ2) is 4.48. The van der Waals surface area contributed by atoms with Crippen LogP contribution in [0.4, 0.5) is 0 Å². The van der Waals surface area contributed by atoms with Crippen LogP contribution in [0.25, 0.3) is 0 Å². The molecule has 1 unspecified atom stereocenters. The molecule has 0 bridgehead atoms. The van der Waals surface area contributed by atoms with E-state index in [1.807, 2.05) is 11.8 Å². The first-order chi connectivity index (χ1) is 7.14. The Morgan fingerprint density at radius 2 is 1.69 bits per heavy atom. The summed E-state index contributed by atoms with van der Waals surface area (Å²) in [5, 5.41) is 0.488. The molecule has 1 aliphatic heterocycles. The van der Waals surface area contributed by atoms with Gasteiger partial charge in [-0.05, 0) is 27.9 Å². The lowest BCUT2D eigenvalue weighted by Gasteiger charge is -2.35. The maximum Gasteiger partial charge on any atom is 0.116 e. The van der Waals surface area contributed by atoms with Crippen molar-refractivity contribution in [2.45, 2.75) is 46.8 Å². The molecule has 0 aromatic heterocycles. The third kappa shape index (κ3) is 3.31. The number of hydrogen-bond acceptors (Lipinski definition) is 2.